The van der Waals surface area contributed by atoms with Crippen molar-refractivity contribution in [2.45, 2.75) is 51.9 Å². The number of carbonyl (C=O) groups excluding carboxylic acids is 2. The molecule has 2 aliphatic rings. The van der Waals surface area contributed by atoms with Gasteiger partial charge in [0.25, 0.3) is 0 Å². The normalized spacial score (nSPS) is 24.3. The first-order valence-electron chi connectivity index (χ1n) is 9.09. The van der Waals surface area contributed by atoms with Crippen LogP contribution < -0.4 is 5.32 Å². The first-order chi connectivity index (χ1) is 12.0. The molecule has 1 N–H and O–H groups in total. The van der Waals surface area contributed by atoms with Gasteiger partial charge in [-0.3, -0.25) is 4.79 Å². The van der Waals surface area contributed by atoms with E-state index in [1.165, 1.54) is 0 Å². The number of anilines is 1. The SMILES string of the molecule is CC1CN(C(=O)Nc2cccc(CN3CCCCC3=O)c2)CC(C)O1. The zero-order chi connectivity index (χ0) is 17.8. The van der Waals surface area contributed by atoms with Crippen LogP contribution in [0.1, 0.15) is 38.7 Å². The lowest BCUT2D eigenvalue weighted by Gasteiger charge is -2.35. The molecule has 25 heavy (non-hydrogen) atoms. The molecule has 0 aromatic heterocycles. The van der Waals surface area contributed by atoms with Crippen molar-refractivity contribution >= 4 is 17.6 Å². The predicted molar refractivity (Wildman–Crippen MR) is 96.3 cm³/mol. The molecule has 2 saturated heterocycles. The van der Waals surface area contributed by atoms with E-state index in [9.17, 15) is 9.59 Å². The van der Waals surface area contributed by atoms with Crippen molar-refractivity contribution in [2.75, 3.05) is 25.0 Å². The molecule has 3 amide bonds. The fourth-order valence-corrected chi connectivity index (χ4v) is 3.54. The maximum atomic E-state index is 12.5. The number of urea groups is 1. The molecule has 0 saturated carbocycles. The molecule has 2 heterocycles. The Morgan fingerprint density at radius 1 is 1.24 bits per heavy atom. The predicted octanol–water partition coefficient (Wildman–Crippen LogP) is 2.84. The quantitative estimate of drug-likeness (QED) is 0.916. The molecular formula is C19H27N3O3. The van der Waals surface area contributed by atoms with Crippen LogP contribution in [0, 0.1) is 0 Å². The molecule has 2 atom stereocenters. The second kappa shape index (κ2) is 7.87. The lowest BCUT2D eigenvalue weighted by molar-refractivity contribution is -0.133. The summed E-state index contributed by atoms with van der Waals surface area (Å²) in [5.74, 6) is 0.219. The number of rotatable bonds is 3. The van der Waals surface area contributed by atoms with Gasteiger partial charge in [0, 0.05) is 38.3 Å². The Hall–Kier alpha value is -2.08. The summed E-state index contributed by atoms with van der Waals surface area (Å²) in [5.41, 5.74) is 1.80. The third-order valence-corrected chi connectivity index (χ3v) is 4.68. The van der Waals surface area contributed by atoms with E-state index in [0.717, 1.165) is 30.6 Å². The number of carbonyl (C=O) groups is 2. The van der Waals surface area contributed by atoms with Crippen molar-refractivity contribution in [3.63, 3.8) is 0 Å². The van der Waals surface area contributed by atoms with Gasteiger partial charge in [-0.1, -0.05) is 12.1 Å². The van der Waals surface area contributed by atoms with E-state index >= 15 is 0 Å². The van der Waals surface area contributed by atoms with Gasteiger partial charge in [0.05, 0.1) is 12.2 Å². The van der Waals surface area contributed by atoms with Crippen LogP contribution in [0.5, 0.6) is 0 Å². The second-order valence-electron chi connectivity index (χ2n) is 7.07. The van der Waals surface area contributed by atoms with E-state index in [2.05, 4.69) is 5.32 Å². The van der Waals surface area contributed by atoms with Crippen molar-refractivity contribution in [2.24, 2.45) is 0 Å². The summed E-state index contributed by atoms with van der Waals surface area (Å²) in [7, 11) is 0. The molecule has 6 nitrogen and oxygen atoms in total. The summed E-state index contributed by atoms with van der Waals surface area (Å²) in [4.78, 5) is 28.2. The molecule has 0 bridgehead atoms. The number of nitrogens with zero attached hydrogens (tertiary/aromatic N) is 2. The molecule has 3 rings (SSSR count). The third kappa shape index (κ3) is 4.72. The van der Waals surface area contributed by atoms with E-state index in [0.29, 0.717) is 26.1 Å². The van der Waals surface area contributed by atoms with Crippen LogP contribution in [0.25, 0.3) is 0 Å². The highest BCUT2D eigenvalue weighted by molar-refractivity contribution is 5.89. The number of nitrogens with one attached hydrogen (secondary N) is 1. The first-order valence-corrected chi connectivity index (χ1v) is 9.09. The molecule has 1 aromatic carbocycles. The Bertz CT molecular complexity index is 624. The largest absolute Gasteiger partial charge is 0.372 e. The van der Waals surface area contributed by atoms with E-state index in [1.54, 1.807) is 4.90 Å². The van der Waals surface area contributed by atoms with Gasteiger partial charge >= 0.3 is 6.03 Å². The Morgan fingerprint density at radius 2 is 2.00 bits per heavy atom. The molecule has 2 fully saturated rings. The second-order valence-corrected chi connectivity index (χ2v) is 7.07. The van der Waals surface area contributed by atoms with Crippen LogP contribution in [-0.4, -0.2) is 53.6 Å². The molecule has 1 aromatic rings. The van der Waals surface area contributed by atoms with Crippen LogP contribution >= 0.6 is 0 Å². The zero-order valence-electron chi connectivity index (χ0n) is 15.0. The Kier molecular flexibility index (Phi) is 5.58. The average molecular weight is 345 g/mol. The van der Waals surface area contributed by atoms with E-state index in [-0.39, 0.29) is 24.1 Å². The van der Waals surface area contributed by atoms with Crippen molar-refractivity contribution in [1.29, 1.82) is 0 Å². The fourth-order valence-electron chi connectivity index (χ4n) is 3.54. The summed E-state index contributed by atoms with van der Waals surface area (Å²) in [6, 6.07) is 7.65. The van der Waals surface area contributed by atoms with Crippen molar-refractivity contribution in [3.05, 3.63) is 29.8 Å². The van der Waals surface area contributed by atoms with Crippen LogP contribution in [0.4, 0.5) is 10.5 Å². The summed E-state index contributed by atoms with van der Waals surface area (Å²) in [6.07, 6.45) is 2.79. The van der Waals surface area contributed by atoms with Crippen LogP contribution in [0.3, 0.4) is 0 Å². The Morgan fingerprint density at radius 3 is 2.72 bits per heavy atom. The minimum atomic E-state index is -0.104. The zero-order valence-corrected chi connectivity index (χ0v) is 15.0. The molecular weight excluding hydrogens is 318 g/mol. The van der Waals surface area contributed by atoms with Crippen LogP contribution in [0.2, 0.25) is 0 Å². The van der Waals surface area contributed by atoms with Crippen molar-refractivity contribution in [1.82, 2.24) is 9.80 Å². The number of amides is 3. The average Bonchev–Trinajstić information content (AvgIpc) is 2.56. The highest BCUT2D eigenvalue weighted by Crippen LogP contribution is 2.18. The Labute approximate surface area is 149 Å². The number of hydrogen-bond donors (Lipinski definition) is 1. The summed E-state index contributed by atoms with van der Waals surface area (Å²) < 4.78 is 5.67. The third-order valence-electron chi connectivity index (χ3n) is 4.68. The Balaban J connectivity index is 1.61. The number of benzene rings is 1. The van der Waals surface area contributed by atoms with Crippen LogP contribution in [0.15, 0.2) is 24.3 Å². The van der Waals surface area contributed by atoms with Gasteiger partial charge in [-0.2, -0.15) is 0 Å². The highest BCUT2D eigenvalue weighted by Gasteiger charge is 2.26. The maximum Gasteiger partial charge on any atom is 0.322 e. The number of hydrogen-bond acceptors (Lipinski definition) is 3. The molecule has 0 spiro atoms. The molecule has 2 unspecified atom stereocenters. The summed E-state index contributed by atoms with van der Waals surface area (Å²) in [6.45, 7) is 6.57. The van der Waals surface area contributed by atoms with Crippen LogP contribution in [-0.2, 0) is 16.1 Å². The minimum Gasteiger partial charge on any atom is -0.372 e. The number of morpholine rings is 1. The fraction of sp³-hybridized carbons (Fsp3) is 0.579. The standard InChI is InChI=1S/C19H27N3O3/c1-14-11-22(12-15(2)25-14)19(24)20-17-7-5-6-16(10-17)13-21-9-4-3-8-18(21)23/h5-7,10,14-15H,3-4,8-9,11-13H2,1-2H3,(H,20,24). The van der Waals surface area contributed by atoms with Gasteiger partial charge < -0.3 is 19.9 Å². The lowest BCUT2D eigenvalue weighted by atomic mass is 10.1. The first kappa shape index (κ1) is 17.7. The summed E-state index contributed by atoms with van der Waals surface area (Å²) >= 11 is 0. The molecule has 0 aliphatic carbocycles. The summed E-state index contributed by atoms with van der Waals surface area (Å²) in [5, 5.41) is 2.97. The van der Waals surface area contributed by atoms with Gasteiger partial charge in [0.1, 0.15) is 0 Å². The van der Waals surface area contributed by atoms with Crippen molar-refractivity contribution in [3.8, 4) is 0 Å². The smallest absolute Gasteiger partial charge is 0.322 e. The van der Waals surface area contributed by atoms with Gasteiger partial charge in [0.2, 0.25) is 5.91 Å². The molecule has 0 radical (unpaired) electrons. The van der Waals surface area contributed by atoms with Gasteiger partial charge in [0.15, 0.2) is 0 Å². The molecule has 6 heteroatoms. The minimum absolute atomic E-state index is 0.0472. The topological polar surface area (TPSA) is 61.9 Å². The lowest BCUT2D eigenvalue weighted by Crippen LogP contribution is -2.49. The molecule has 2 aliphatic heterocycles. The monoisotopic (exact) mass is 345 g/mol. The van der Waals surface area contributed by atoms with Gasteiger partial charge in [-0.15, -0.1) is 0 Å². The van der Waals surface area contributed by atoms with Crippen molar-refractivity contribution < 1.29 is 14.3 Å². The van der Waals surface area contributed by atoms with Gasteiger partial charge in [-0.25, -0.2) is 4.79 Å². The number of likely N-dealkylation sites (tertiary alicyclic amines) is 1. The molecule has 136 valence electrons. The number of ether oxygens (including phenoxy) is 1. The van der Waals surface area contributed by atoms with E-state index < -0.39 is 0 Å². The maximum absolute atomic E-state index is 12.5. The number of piperidine rings is 1. The van der Waals surface area contributed by atoms with E-state index in [1.807, 2.05) is 43.0 Å². The van der Waals surface area contributed by atoms with Gasteiger partial charge in [-0.05, 0) is 44.4 Å². The highest BCUT2D eigenvalue weighted by atomic mass is 16.5. The van der Waals surface area contributed by atoms with E-state index in [4.69, 9.17) is 4.74 Å².